The van der Waals surface area contributed by atoms with Crippen molar-refractivity contribution in [1.29, 1.82) is 5.26 Å². The molecule has 11 nitrogen and oxygen atoms in total. The number of alkyl halides is 3. The van der Waals surface area contributed by atoms with Crippen LogP contribution < -0.4 is 4.90 Å². The van der Waals surface area contributed by atoms with Crippen LogP contribution in [-0.4, -0.2) is 84.7 Å². The number of anilines is 1. The van der Waals surface area contributed by atoms with Crippen molar-refractivity contribution in [3.63, 3.8) is 0 Å². The fourth-order valence-corrected chi connectivity index (χ4v) is 6.22. The first-order valence-corrected chi connectivity index (χ1v) is 14.1. The molecule has 0 bridgehead atoms. The van der Waals surface area contributed by atoms with Gasteiger partial charge in [-0.25, -0.2) is 19.4 Å². The molecule has 2 aromatic heterocycles. The minimum Gasteiger partial charge on any atom is -0.480 e. The van der Waals surface area contributed by atoms with Crippen molar-refractivity contribution in [3.8, 4) is 6.07 Å². The van der Waals surface area contributed by atoms with E-state index in [0.29, 0.717) is 33.4 Å². The van der Waals surface area contributed by atoms with Crippen LogP contribution in [0.25, 0.3) is 11.2 Å². The molecule has 4 heterocycles. The van der Waals surface area contributed by atoms with Crippen molar-refractivity contribution in [1.82, 2.24) is 24.6 Å². The quantitative estimate of drug-likeness (QED) is 0.389. The zero-order valence-electron chi connectivity index (χ0n) is 23.1. The average Bonchev–Trinajstić information content (AvgIpc) is 3.57. The SMILES string of the molecule is CC(c1ccc(Cl)cc1Cl)n1nc(C#N)c2ncc(N3CC[C@H](N4CCC[C@H]4C(=O)O)[C@H](C)C3)nc21.O=C(O)C(F)(F)F. The molecule has 16 heteroatoms. The third-order valence-electron chi connectivity index (χ3n) is 7.71. The fraction of sp³-hybridized carbons (Fsp3) is 0.481. The van der Waals surface area contributed by atoms with Crippen molar-refractivity contribution < 1.29 is 33.0 Å². The smallest absolute Gasteiger partial charge is 0.480 e. The third-order valence-corrected chi connectivity index (χ3v) is 8.27. The highest BCUT2D eigenvalue weighted by atomic mass is 35.5. The Balaban J connectivity index is 0.000000541. The molecule has 5 rings (SSSR count). The van der Waals surface area contributed by atoms with E-state index in [1.54, 1.807) is 23.0 Å². The van der Waals surface area contributed by atoms with Crippen LogP contribution in [0, 0.1) is 17.2 Å². The molecule has 0 amide bonds. The number of carboxylic acids is 2. The van der Waals surface area contributed by atoms with Gasteiger partial charge in [0.05, 0.1) is 12.2 Å². The fourth-order valence-electron chi connectivity index (χ4n) is 5.65. The number of piperidine rings is 1. The number of nitriles is 1. The Morgan fingerprint density at radius 2 is 1.88 bits per heavy atom. The van der Waals surface area contributed by atoms with Crippen LogP contribution in [-0.2, 0) is 9.59 Å². The topological polar surface area (TPSA) is 148 Å². The molecule has 3 aromatic rings. The first kappa shape index (κ1) is 32.2. The van der Waals surface area contributed by atoms with Crippen LogP contribution in [0.15, 0.2) is 24.4 Å². The van der Waals surface area contributed by atoms with E-state index in [9.17, 15) is 28.3 Å². The summed E-state index contributed by atoms with van der Waals surface area (Å²) in [6, 6.07) is 6.97. The number of carboxylic acid groups (broad SMARTS) is 2. The monoisotopic (exact) mass is 641 g/mol. The van der Waals surface area contributed by atoms with E-state index in [2.05, 4.69) is 32.9 Å². The second-order valence-corrected chi connectivity index (χ2v) is 11.3. The van der Waals surface area contributed by atoms with E-state index >= 15 is 0 Å². The van der Waals surface area contributed by atoms with Gasteiger partial charge >= 0.3 is 18.1 Å². The van der Waals surface area contributed by atoms with Gasteiger partial charge in [0.1, 0.15) is 23.4 Å². The molecular weight excluding hydrogens is 614 g/mol. The zero-order valence-corrected chi connectivity index (χ0v) is 24.6. The number of carbonyl (C=O) groups is 2. The van der Waals surface area contributed by atoms with Crippen molar-refractivity contribution in [2.24, 2.45) is 5.92 Å². The number of nitrogens with zero attached hydrogens (tertiary/aromatic N) is 7. The van der Waals surface area contributed by atoms with E-state index in [-0.39, 0.29) is 29.7 Å². The molecule has 0 saturated carbocycles. The average molecular weight is 642 g/mol. The Bertz CT molecular complexity index is 1560. The highest BCUT2D eigenvalue weighted by Gasteiger charge is 2.40. The van der Waals surface area contributed by atoms with Gasteiger partial charge in [0.25, 0.3) is 0 Å². The lowest BCUT2D eigenvalue weighted by molar-refractivity contribution is -0.192. The number of halogens is 5. The number of hydrogen-bond donors (Lipinski definition) is 2. The van der Waals surface area contributed by atoms with E-state index in [4.69, 9.17) is 38.1 Å². The lowest BCUT2D eigenvalue weighted by atomic mass is 9.91. The molecule has 0 radical (unpaired) electrons. The molecule has 1 unspecified atom stereocenters. The van der Waals surface area contributed by atoms with Crippen LogP contribution in [0.5, 0.6) is 0 Å². The molecule has 2 aliphatic heterocycles. The van der Waals surface area contributed by atoms with E-state index in [0.717, 1.165) is 38.0 Å². The molecule has 1 aromatic carbocycles. The molecule has 2 N–H and O–H groups in total. The summed E-state index contributed by atoms with van der Waals surface area (Å²) >= 11 is 12.5. The summed E-state index contributed by atoms with van der Waals surface area (Å²) in [5.41, 5.74) is 1.99. The number of likely N-dealkylation sites (tertiary alicyclic amines) is 1. The highest BCUT2D eigenvalue weighted by molar-refractivity contribution is 6.35. The lowest BCUT2D eigenvalue weighted by Crippen LogP contribution is -2.53. The van der Waals surface area contributed by atoms with Gasteiger partial charge in [-0.1, -0.05) is 36.2 Å². The van der Waals surface area contributed by atoms with Crippen molar-refractivity contribution >= 4 is 52.1 Å². The molecule has 230 valence electrons. The molecule has 2 saturated heterocycles. The maximum Gasteiger partial charge on any atom is 0.490 e. The summed E-state index contributed by atoms with van der Waals surface area (Å²) in [7, 11) is 0. The Kier molecular flexibility index (Phi) is 9.68. The summed E-state index contributed by atoms with van der Waals surface area (Å²) < 4.78 is 33.4. The van der Waals surface area contributed by atoms with Crippen molar-refractivity contribution in [2.75, 3.05) is 24.5 Å². The van der Waals surface area contributed by atoms with Crippen molar-refractivity contribution in [2.45, 2.75) is 57.4 Å². The van der Waals surface area contributed by atoms with Crippen LogP contribution in [0.2, 0.25) is 10.0 Å². The Labute approximate surface area is 254 Å². The normalized spacial score (nSPS) is 21.6. The van der Waals surface area contributed by atoms with Gasteiger partial charge in [-0.2, -0.15) is 23.5 Å². The van der Waals surface area contributed by atoms with Gasteiger partial charge in [-0.3, -0.25) is 9.69 Å². The maximum absolute atomic E-state index is 11.7. The molecule has 0 spiro atoms. The summed E-state index contributed by atoms with van der Waals surface area (Å²) in [5, 5.41) is 31.9. The first-order chi connectivity index (χ1) is 20.2. The third kappa shape index (κ3) is 6.95. The number of benzene rings is 1. The van der Waals surface area contributed by atoms with E-state index in [1.807, 2.05) is 13.0 Å². The number of aromatic nitrogens is 4. The minimum atomic E-state index is -5.08. The van der Waals surface area contributed by atoms with Crippen molar-refractivity contribution in [3.05, 3.63) is 45.7 Å². The number of aliphatic carboxylic acids is 2. The molecule has 43 heavy (non-hydrogen) atoms. The summed E-state index contributed by atoms with van der Waals surface area (Å²) in [5.74, 6) is -2.51. The van der Waals surface area contributed by atoms with Gasteiger partial charge in [0.15, 0.2) is 11.3 Å². The lowest BCUT2D eigenvalue weighted by Gasteiger charge is -2.43. The first-order valence-electron chi connectivity index (χ1n) is 13.4. The number of hydrogen-bond acceptors (Lipinski definition) is 8. The summed E-state index contributed by atoms with van der Waals surface area (Å²) in [4.78, 5) is 34.4. The Hall–Kier alpha value is -3.67. The predicted molar refractivity (Wildman–Crippen MR) is 151 cm³/mol. The van der Waals surface area contributed by atoms with Crippen LogP contribution in [0.1, 0.15) is 50.4 Å². The van der Waals surface area contributed by atoms with Gasteiger partial charge in [-0.15, -0.1) is 0 Å². The van der Waals surface area contributed by atoms with E-state index < -0.39 is 18.1 Å². The molecular formula is C27H28Cl2F3N7O4. The van der Waals surface area contributed by atoms with Crippen LogP contribution in [0.4, 0.5) is 19.0 Å². The number of rotatable bonds is 5. The minimum absolute atomic E-state index is 0.210. The standard InChI is InChI=1S/C25H27Cl2N7O2.C2HF3O2/c1-14-13-32(9-7-20(14)33-8-3-4-21(33)25(35)36)22-12-29-23-19(11-28)31-34(24(23)30-22)15(2)17-6-5-16(26)10-18(17)27;3-2(4,5)1(6)7/h5-6,10,12,14-15,20-21H,3-4,7-9,13H2,1-2H3,(H,35,36);(H,6,7)/t14-,15?,20+,21+;/m1./s1. The molecule has 2 aliphatic rings. The number of fused-ring (bicyclic) bond motifs is 1. The Morgan fingerprint density at radius 1 is 1.19 bits per heavy atom. The van der Waals surface area contributed by atoms with E-state index in [1.165, 1.54) is 0 Å². The molecule has 2 fully saturated rings. The zero-order chi connectivity index (χ0) is 31.6. The second kappa shape index (κ2) is 12.9. The van der Waals surface area contributed by atoms with Gasteiger partial charge in [-0.05, 0) is 56.3 Å². The van der Waals surface area contributed by atoms with Gasteiger partial charge in [0, 0.05) is 29.2 Å². The maximum atomic E-state index is 11.7. The second-order valence-electron chi connectivity index (χ2n) is 10.5. The summed E-state index contributed by atoms with van der Waals surface area (Å²) in [6.07, 6.45) is -0.902. The summed E-state index contributed by atoms with van der Waals surface area (Å²) in [6.45, 7) is 6.43. The largest absolute Gasteiger partial charge is 0.490 e. The highest BCUT2D eigenvalue weighted by Crippen LogP contribution is 2.33. The molecule has 4 atom stereocenters. The predicted octanol–water partition coefficient (Wildman–Crippen LogP) is 5.01. The van der Waals surface area contributed by atoms with Gasteiger partial charge in [0.2, 0.25) is 0 Å². The van der Waals surface area contributed by atoms with Crippen LogP contribution >= 0.6 is 23.2 Å². The van der Waals surface area contributed by atoms with Gasteiger partial charge < -0.3 is 15.1 Å². The Morgan fingerprint density at radius 3 is 2.47 bits per heavy atom. The van der Waals surface area contributed by atoms with Crippen LogP contribution in [0.3, 0.4) is 0 Å². The molecule has 0 aliphatic carbocycles.